The van der Waals surface area contributed by atoms with Gasteiger partial charge in [0.05, 0.1) is 45.5 Å². The molecule has 3 fully saturated rings. The number of carbonyl (C=O) groups excluding carboxylic acids is 1. The van der Waals surface area contributed by atoms with Crippen LogP contribution in [0.2, 0.25) is 0 Å². The second kappa shape index (κ2) is 15.8. The van der Waals surface area contributed by atoms with Crippen molar-refractivity contribution in [1.82, 2.24) is 14.1 Å². The highest BCUT2D eigenvalue weighted by Gasteiger charge is 2.34. The van der Waals surface area contributed by atoms with Crippen LogP contribution in [0.15, 0.2) is 70.6 Å². The summed E-state index contributed by atoms with van der Waals surface area (Å²) < 4.78 is 51.1. The van der Waals surface area contributed by atoms with Crippen LogP contribution in [0.3, 0.4) is 0 Å². The maximum atomic E-state index is 14.2. The van der Waals surface area contributed by atoms with Crippen molar-refractivity contribution >= 4 is 28.0 Å². The monoisotopic (exact) mass is 705 g/mol. The molecule has 3 heterocycles. The van der Waals surface area contributed by atoms with Crippen LogP contribution >= 0.6 is 0 Å². The minimum atomic E-state index is -4.00. The molecule has 0 spiro atoms. The topological polar surface area (TPSA) is 138 Å². The molecule has 0 bridgehead atoms. The van der Waals surface area contributed by atoms with Crippen molar-refractivity contribution in [2.45, 2.75) is 18.0 Å². The lowest BCUT2D eigenvalue weighted by atomic mass is 9.94. The summed E-state index contributed by atoms with van der Waals surface area (Å²) in [5, 5.41) is 21.9. The molecule has 0 unspecified atom stereocenters. The first-order valence-corrected chi connectivity index (χ1v) is 18.0. The number of phenolic OH excluding ortho intramolecular Hbond substituents is 2. The summed E-state index contributed by atoms with van der Waals surface area (Å²) in [5.41, 5.74) is 2.93. The number of morpholine rings is 2. The fourth-order valence-corrected chi connectivity index (χ4v) is 7.84. The zero-order valence-corrected chi connectivity index (χ0v) is 29.2. The highest BCUT2D eigenvalue weighted by atomic mass is 32.2. The molecule has 266 valence electrons. The van der Waals surface area contributed by atoms with E-state index in [1.165, 1.54) is 30.7 Å². The van der Waals surface area contributed by atoms with E-state index >= 15 is 0 Å². The SMILES string of the molecule is COc1cc(/C=C2\CN(S(=O)(=O)c3ccccc3)C/C(=C\c3cc(CN4CCOCC4)c(O)c(OC)c3)C2=O)cc(CN2CCOCC2)c1O. The van der Waals surface area contributed by atoms with Gasteiger partial charge in [0, 0.05) is 74.6 Å². The van der Waals surface area contributed by atoms with E-state index in [-0.39, 0.29) is 57.9 Å². The van der Waals surface area contributed by atoms with Crippen molar-refractivity contribution in [1.29, 1.82) is 0 Å². The van der Waals surface area contributed by atoms with Gasteiger partial charge in [0.2, 0.25) is 10.0 Å². The van der Waals surface area contributed by atoms with Crippen LogP contribution in [-0.4, -0.2) is 118 Å². The Hall–Kier alpha value is -4.24. The molecule has 3 aromatic carbocycles. The Kier molecular flexibility index (Phi) is 11.2. The predicted octanol–water partition coefficient (Wildman–Crippen LogP) is 3.52. The Morgan fingerprint density at radius 2 is 1.16 bits per heavy atom. The average Bonchev–Trinajstić information content (AvgIpc) is 3.13. The van der Waals surface area contributed by atoms with Crippen molar-refractivity contribution in [3.8, 4) is 23.0 Å². The third-order valence-corrected chi connectivity index (χ3v) is 10.9. The van der Waals surface area contributed by atoms with Crippen LogP contribution in [0, 0.1) is 0 Å². The summed E-state index contributed by atoms with van der Waals surface area (Å²) >= 11 is 0. The lowest BCUT2D eigenvalue weighted by Gasteiger charge is -2.29. The number of piperidine rings is 1. The van der Waals surface area contributed by atoms with Crippen molar-refractivity contribution in [3.63, 3.8) is 0 Å². The van der Waals surface area contributed by atoms with Crippen molar-refractivity contribution < 1.29 is 42.4 Å². The second-order valence-corrected chi connectivity index (χ2v) is 14.4. The average molecular weight is 706 g/mol. The van der Waals surface area contributed by atoms with Crippen LogP contribution in [0.4, 0.5) is 0 Å². The van der Waals surface area contributed by atoms with Gasteiger partial charge in [0.15, 0.2) is 28.8 Å². The number of hydrogen-bond donors (Lipinski definition) is 2. The molecule has 0 aromatic heterocycles. The van der Waals surface area contributed by atoms with E-state index in [4.69, 9.17) is 18.9 Å². The van der Waals surface area contributed by atoms with E-state index in [9.17, 15) is 23.4 Å². The summed E-state index contributed by atoms with van der Waals surface area (Å²) in [6.07, 6.45) is 3.32. The first kappa shape index (κ1) is 35.6. The van der Waals surface area contributed by atoms with Gasteiger partial charge in [0.25, 0.3) is 0 Å². The van der Waals surface area contributed by atoms with E-state index in [2.05, 4.69) is 9.80 Å². The molecule has 3 saturated heterocycles. The predicted molar refractivity (Wildman–Crippen MR) is 188 cm³/mol. The van der Waals surface area contributed by atoms with Crippen molar-refractivity contribution in [3.05, 3.63) is 88.0 Å². The maximum Gasteiger partial charge on any atom is 0.243 e. The number of carbonyl (C=O) groups is 1. The fraction of sp³-hybridized carbons (Fsp3) is 0.378. The highest BCUT2D eigenvalue weighted by Crippen LogP contribution is 2.36. The zero-order valence-electron chi connectivity index (χ0n) is 28.3. The largest absolute Gasteiger partial charge is 0.504 e. The smallest absolute Gasteiger partial charge is 0.243 e. The van der Waals surface area contributed by atoms with Gasteiger partial charge in [-0.1, -0.05) is 18.2 Å². The number of sulfonamides is 1. The number of methoxy groups -OCH3 is 2. The van der Waals surface area contributed by atoms with E-state index in [1.807, 2.05) is 0 Å². The molecule has 50 heavy (non-hydrogen) atoms. The van der Waals surface area contributed by atoms with Gasteiger partial charge in [0.1, 0.15) is 0 Å². The molecular weight excluding hydrogens is 662 g/mol. The number of phenols is 2. The van der Waals surface area contributed by atoms with Crippen LogP contribution in [0.1, 0.15) is 22.3 Å². The second-order valence-electron chi connectivity index (χ2n) is 12.5. The Bertz CT molecular complexity index is 1770. The summed E-state index contributed by atoms with van der Waals surface area (Å²) in [7, 11) is -1.07. The van der Waals surface area contributed by atoms with Crippen molar-refractivity contribution in [2.24, 2.45) is 0 Å². The number of hydrogen-bond acceptors (Lipinski definition) is 11. The molecule has 13 heteroatoms. The fourth-order valence-electron chi connectivity index (χ4n) is 6.42. The number of Topliss-reactive ketones (excluding diaryl/α,β-unsaturated/α-hetero) is 1. The minimum Gasteiger partial charge on any atom is -0.504 e. The van der Waals surface area contributed by atoms with Gasteiger partial charge in [-0.3, -0.25) is 14.6 Å². The van der Waals surface area contributed by atoms with Gasteiger partial charge < -0.3 is 29.2 Å². The van der Waals surface area contributed by atoms with E-state index in [0.29, 0.717) is 87.9 Å². The molecule has 3 aliphatic rings. The van der Waals surface area contributed by atoms with E-state index in [0.717, 1.165) is 0 Å². The Balaban J connectivity index is 1.41. The normalized spacial score (nSPS) is 20.0. The summed E-state index contributed by atoms with van der Waals surface area (Å²) in [6, 6.07) is 15.0. The van der Waals surface area contributed by atoms with Crippen LogP contribution < -0.4 is 9.47 Å². The molecule has 3 aliphatic heterocycles. The Morgan fingerprint density at radius 1 is 0.720 bits per heavy atom. The standard InChI is InChI=1S/C37H43N3O9S/c1-46-33-20-26(16-28(36(33)42)22-38-8-12-48-13-9-38)18-30-24-40(50(44,45)32-6-4-3-5-7-32)25-31(35(30)41)19-27-17-29(37(43)34(21-27)47-2)23-39-10-14-49-15-11-39/h3-7,16-21,42-43H,8-15,22-25H2,1-2H3/b30-18+,31-19+. The zero-order chi connectivity index (χ0) is 35.3. The van der Waals surface area contributed by atoms with Gasteiger partial charge in [-0.2, -0.15) is 4.31 Å². The molecule has 3 aromatic rings. The van der Waals surface area contributed by atoms with Crippen LogP contribution in [0.25, 0.3) is 12.2 Å². The quantitative estimate of drug-likeness (QED) is 0.300. The summed E-state index contributed by atoms with van der Waals surface area (Å²) in [6.45, 7) is 5.81. The third kappa shape index (κ3) is 8.04. The number of aromatic hydroxyl groups is 2. The lowest BCUT2D eigenvalue weighted by Crippen LogP contribution is -2.41. The molecule has 0 atom stereocenters. The molecule has 0 saturated carbocycles. The van der Waals surface area contributed by atoms with E-state index in [1.54, 1.807) is 54.6 Å². The maximum absolute atomic E-state index is 14.2. The number of ether oxygens (including phenoxy) is 4. The van der Waals surface area contributed by atoms with Gasteiger partial charge in [-0.15, -0.1) is 0 Å². The number of benzene rings is 3. The minimum absolute atomic E-state index is 0.0131. The Morgan fingerprint density at radius 3 is 1.58 bits per heavy atom. The molecule has 2 N–H and O–H groups in total. The highest BCUT2D eigenvalue weighted by molar-refractivity contribution is 7.89. The number of rotatable bonds is 10. The van der Waals surface area contributed by atoms with Gasteiger partial charge in [-0.05, 0) is 59.7 Å². The molecule has 6 rings (SSSR count). The first-order valence-electron chi connectivity index (χ1n) is 16.6. The number of ketones is 1. The van der Waals surface area contributed by atoms with Gasteiger partial charge >= 0.3 is 0 Å². The molecule has 0 amide bonds. The van der Waals surface area contributed by atoms with E-state index < -0.39 is 10.0 Å². The summed E-state index contributed by atoms with van der Waals surface area (Å²) in [5.74, 6) is 0.213. The molecular formula is C37H43N3O9S. The molecule has 0 aliphatic carbocycles. The van der Waals surface area contributed by atoms with Crippen LogP contribution in [0.5, 0.6) is 23.0 Å². The molecule has 0 radical (unpaired) electrons. The third-order valence-electron chi connectivity index (χ3n) is 9.13. The van der Waals surface area contributed by atoms with Crippen LogP contribution in [-0.2, 0) is 37.4 Å². The lowest BCUT2D eigenvalue weighted by molar-refractivity contribution is -0.113. The summed E-state index contributed by atoms with van der Waals surface area (Å²) in [4.78, 5) is 18.7. The molecule has 12 nitrogen and oxygen atoms in total. The Labute approximate surface area is 292 Å². The first-order chi connectivity index (χ1) is 24.2. The number of nitrogens with zero attached hydrogens (tertiary/aromatic N) is 3. The van der Waals surface area contributed by atoms with Crippen molar-refractivity contribution in [2.75, 3.05) is 79.9 Å². The van der Waals surface area contributed by atoms with Gasteiger partial charge in [-0.25, -0.2) is 8.42 Å².